The van der Waals surface area contributed by atoms with Gasteiger partial charge in [-0.15, -0.1) is 0 Å². The zero-order valence-corrected chi connectivity index (χ0v) is 15.8. The Labute approximate surface area is 149 Å². The molecule has 2 heterocycles. The first-order valence-corrected chi connectivity index (χ1v) is 8.64. The number of fused-ring (bicyclic) bond motifs is 1. The Morgan fingerprint density at radius 2 is 2.04 bits per heavy atom. The summed E-state index contributed by atoms with van der Waals surface area (Å²) in [6.45, 7) is 9.49. The number of aromatic nitrogens is 1. The van der Waals surface area contributed by atoms with E-state index in [0.29, 0.717) is 19.7 Å². The van der Waals surface area contributed by atoms with E-state index in [1.54, 1.807) is 7.11 Å². The molecule has 1 aromatic heterocycles. The van der Waals surface area contributed by atoms with Crippen molar-refractivity contribution >= 4 is 12.0 Å². The standard InChI is InChI=1S/C18H29N3O4/c1-14-15-7-6-8-19(15)9-10-21(14)16(22)13-20(11-12-24-5)17(23)25-18(2,3)4/h6-8,14H,9-13H2,1-5H3/t14-/m0/s1. The summed E-state index contributed by atoms with van der Waals surface area (Å²) < 4.78 is 12.6. The van der Waals surface area contributed by atoms with Gasteiger partial charge < -0.3 is 18.9 Å². The molecule has 7 nitrogen and oxygen atoms in total. The van der Waals surface area contributed by atoms with Crippen LogP contribution in [0.15, 0.2) is 18.3 Å². The summed E-state index contributed by atoms with van der Waals surface area (Å²) in [6.07, 6.45) is 1.53. The average Bonchev–Trinajstić information content (AvgIpc) is 2.99. The number of carbonyl (C=O) groups is 2. The van der Waals surface area contributed by atoms with Crippen molar-refractivity contribution in [2.24, 2.45) is 0 Å². The molecule has 0 radical (unpaired) electrons. The van der Waals surface area contributed by atoms with Crippen molar-refractivity contribution in [2.45, 2.75) is 45.9 Å². The van der Waals surface area contributed by atoms with Gasteiger partial charge in [-0.25, -0.2) is 4.79 Å². The molecule has 0 bridgehead atoms. The molecule has 0 fully saturated rings. The monoisotopic (exact) mass is 351 g/mol. The van der Waals surface area contributed by atoms with E-state index in [1.807, 2.05) is 50.9 Å². The molecular weight excluding hydrogens is 322 g/mol. The summed E-state index contributed by atoms with van der Waals surface area (Å²) in [5.74, 6) is -0.0816. The fourth-order valence-electron chi connectivity index (χ4n) is 2.94. The molecule has 0 aromatic carbocycles. The largest absolute Gasteiger partial charge is 0.444 e. The molecule has 1 atom stereocenters. The first-order valence-electron chi connectivity index (χ1n) is 8.64. The summed E-state index contributed by atoms with van der Waals surface area (Å²) >= 11 is 0. The van der Waals surface area contributed by atoms with E-state index < -0.39 is 11.7 Å². The highest BCUT2D eigenvalue weighted by Gasteiger charge is 2.30. The van der Waals surface area contributed by atoms with Crippen LogP contribution in [0.4, 0.5) is 4.79 Å². The van der Waals surface area contributed by atoms with Gasteiger partial charge in [0.15, 0.2) is 0 Å². The van der Waals surface area contributed by atoms with Crippen molar-refractivity contribution in [3.05, 3.63) is 24.0 Å². The topological polar surface area (TPSA) is 64.0 Å². The molecule has 2 rings (SSSR count). The van der Waals surface area contributed by atoms with Gasteiger partial charge in [-0.2, -0.15) is 0 Å². The van der Waals surface area contributed by atoms with Crippen LogP contribution in [-0.4, -0.2) is 65.3 Å². The second-order valence-corrected chi connectivity index (χ2v) is 7.28. The molecule has 7 heteroatoms. The van der Waals surface area contributed by atoms with Crippen LogP contribution in [0.3, 0.4) is 0 Å². The highest BCUT2D eigenvalue weighted by molar-refractivity contribution is 5.83. The van der Waals surface area contributed by atoms with Crippen LogP contribution in [0.25, 0.3) is 0 Å². The Bertz CT molecular complexity index is 606. The number of rotatable bonds is 5. The number of carbonyl (C=O) groups excluding carboxylic acids is 2. The van der Waals surface area contributed by atoms with Crippen molar-refractivity contribution in [3.63, 3.8) is 0 Å². The van der Waals surface area contributed by atoms with Gasteiger partial charge in [0.25, 0.3) is 0 Å². The van der Waals surface area contributed by atoms with E-state index in [1.165, 1.54) is 4.90 Å². The third-order valence-electron chi connectivity index (χ3n) is 4.21. The lowest BCUT2D eigenvalue weighted by Gasteiger charge is -2.36. The summed E-state index contributed by atoms with van der Waals surface area (Å²) in [4.78, 5) is 28.4. The van der Waals surface area contributed by atoms with Crippen molar-refractivity contribution < 1.29 is 19.1 Å². The Hall–Kier alpha value is -2.02. The van der Waals surface area contributed by atoms with Crippen LogP contribution in [0.5, 0.6) is 0 Å². The molecule has 0 unspecified atom stereocenters. The lowest BCUT2D eigenvalue weighted by Crippen LogP contribution is -2.48. The second kappa shape index (κ2) is 7.91. The third-order valence-corrected chi connectivity index (χ3v) is 4.21. The van der Waals surface area contributed by atoms with Gasteiger partial charge >= 0.3 is 6.09 Å². The van der Waals surface area contributed by atoms with Crippen LogP contribution < -0.4 is 0 Å². The van der Waals surface area contributed by atoms with E-state index >= 15 is 0 Å². The van der Waals surface area contributed by atoms with Gasteiger partial charge in [0.2, 0.25) is 5.91 Å². The first kappa shape index (κ1) is 19.3. The quantitative estimate of drug-likeness (QED) is 0.816. The number of hydrogen-bond donors (Lipinski definition) is 0. The lowest BCUT2D eigenvalue weighted by molar-refractivity contribution is -0.135. The maximum atomic E-state index is 12.8. The maximum absolute atomic E-state index is 12.8. The van der Waals surface area contributed by atoms with E-state index in [4.69, 9.17) is 9.47 Å². The smallest absolute Gasteiger partial charge is 0.410 e. The van der Waals surface area contributed by atoms with Gasteiger partial charge in [0.05, 0.1) is 12.6 Å². The molecule has 25 heavy (non-hydrogen) atoms. The number of methoxy groups -OCH3 is 1. The Balaban J connectivity index is 2.05. The van der Waals surface area contributed by atoms with Gasteiger partial charge in [0, 0.05) is 38.6 Å². The van der Waals surface area contributed by atoms with E-state index in [0.717, 1.165) is 12.2 Å². The normalized spacial score (nSPS) is 17.2. The molecule has 0 N–H and O–H groups in total. The number of nitrogens with zero attached hydrogens (tertiary/aromatic N) is 3. The van der Waals surface area contributed by atoms with Crippen LogP contribution in [-0.2, 0) is 20.8 Å². The lowest BCUT2D eigenvalue weighted by atomic mass is 10.1. The van der Waals surface area contributed by atoms with Crippen LogP contribution in [0, 0.1) is 0 Å². The Morgan fingerprint density at radius 1 is 1.32 bits per heavy atom. The van der Waals surface area contributed by atoms with E-state index in [2.05, 4.69) is 4.57 Å². The summed E-state index contributed by atoms with van der Waals surface area (Å²) in [5, 5.41) is 0. The predicted octanol–water partition coefficient (Wildman–Crippen LogP) is 2.27. The molecule has 0 saturated heterocycles. The fraction of sp³-hybridized carbons (Fsp3) is 0.667. The highest BCUT2D eigenvalue weighted by Crippen LogP contribution is 2.25. The van der Waals surface area contributed by atoms with Crippen LogP contribution in [0.1, 0.15) is 39.4 Å². The highest BCUT2D eigenvalue weighted by atomic mass is 16.6. The second-order valence-electron chi connectivity index (χ2n) is 7.28. The zero-order chi connectivity index (χ0) is 18.6. The van der Waals surface area contributed by atoms with Gasteiger partial charge in [-0.1, -0.05) is 0 Å². The summed E-state index contributed by atoms with van der Waals surface area (Å²) in [7, 11) is 1.57. The molecular formula is C18H29N3O4. The Morgan fingerprint density at radius 3 is 2.68 bits per heavy atom. The van der Waals surface area contributed by atoms with Crippen molar-refractivity contribution in [1.29, 1.82) is 0 Å². The molecule has 1 aliphatic heterocycles. The molecule has 0 aliphatic carbocycles. The minimum absolute atomic E-state index is 0.0106. The van der Waals surface area contributed by atoms with Gasteiger partial charge in [-0.3, -0.25) is 9.69 Å². The summed E-state index contributed by atoms with van der Waals surface area (Å²) in [6, 6.07) is 4.01. The number of ether oxygens (including phenoxy) is 2. The number of hydrogen-bond acceptors (Lipinski definition) is 4. The van der Waals surface area contributed by atoms with Gasteiger partial charge in [-0.05, 0) is 39.8 Å². The van der Waals surface area contributed by atoms with Gasteiger partial charge in [0.1, 0.15) is 12.1 Å². The molecule has 1 aliphatic rings. The average molecular weight is 351 g/mol. The van der Waals surface area contributed by atoms with Crippen molar-refractivity contribution in [1.82, 2.24) is 14.4 Å². The maximum Gasteiger partial charge on any atom is 0.410 e. The summed E-state index contributed by atoms with van der Waals surface area (Å²) in [5.41, 5.74) is 0.505. The molecule has 1 aromatic rings. The van der Waals surface area contributed by atoms with Crippen LogP contribution >= 0.6 is 0 Å². The Kier molecular flexibility index (Phi) is 6.11. The fourth-order valence-corrected chi connectivity index (χ4v) is 2.94. The van der Waals surface area contributed by atoms with Crippen molar-refractivity contribution in [3.8, 4) is 0 Å². The van der Waals surface area contributed by atoms with E-state index in [-0.39, 0.29) is 18.5 Å². The van der Waals surface area contributed by atoms with Crippen molar-refractivity contribution in [2.75, 3.05) is 33.4 Å². The minimum Gasteiger partial charge on any atom is -0.444 e. The van der Waals surface area contributed by atoms with Crippen LogP contribution in [0.2, 0.25) is 0 Å². The molecule has 2 amide bonds. The molecule has 0 spiro atoms. The first-order chi connectivity index (χ1) is 11.7. The van der Waals surface area contributed by atoms with E-state index in [9.17, 15) is 9.59 Å². The number of amides is 2. The minimum atomic E-state index is -0.606. The zero-order valence-electron chi connectivity index (χ0n) is 15.8. The SMILES string of the molecule is COCCN(CC(=O)N1CCn2cccc2[C@@H]1C)C(=O)OC(C)(C)C. The molecule has 0 saturated carbocycles. The third kappa shape index (κ3) is 4.98. The molecule has 140 valence electrons. The predicted molar refractivity (Wildman–Crippen MR) is 94.2 cm³/mol.